The lowest BCUT2D eigenvalue weighted by Crippen LogP contribution is -2.36. The van der Waals surface area contributed by atoms with Crippen molar-refractivity contribution in [3.8, 4) is 6.07 Å². The van der Waals surface area contributed by atoms with Crippen molar-refractivity contribution in [1.82, 2.24) is 4.90 Å². The Labute approximate surface area is 79.4 Å². The van der Waals surface area contributed by atoms with E-state index in [9.17, 15) is 0 Å². The topological polar surface area (TPSA) is 67.5 Å². The molecule has 0 amide bonds. The van der Waals surface area contributed by atoms with Crippen LogP contribution in [0.25, 0.3) is 0 Å². The third-order valence-electron chi connectivity index (χ3n) is 1.58. The third kappa shape index (κ3) is 7.72. The van der Waals surface area contributed by atoms with Crippen LogP contribution >= 0.6 is 0 Å². The van der Waals surface area contributed by atoms with Crippen LogP contribution in [0.4, 0.5) is 0 Å². The summed E-state index contributed by atoms with van der Waals surface area (Å²) in [6.45, 7) is 5.01. The van der Waals surface area contributed by atoms with Crippen molar-refractivity contribution < 1.29 is 10.2 Å². The van der Waals surface area contributed by atoms with Crippen LogP contribution in [0.5, 0.6) is 0 Å². The molecule has 0 saturated carbocycles. The van der Waals surface area contributed by atoms with Gasteiger partial charge < -0.3 is 10.2 Å². The van der Waals surface area contributed by atoms with Crippen LogP contribution in [0.15, 0.2) is 0 Å². The third-order valence-corrected chi connectivity index (χ3v) is 1.58. The molecule has 0 aliphatic rings. The predicted molar refractivity (Wildman–Crippen MR) is 50.0 cm³/mol. The summed E-state index contributed by atoms with van der Waals surface area (Å²) in [5.74, 6) is 0. The van der Waals surface area contributed by atoms with Crippen molar-refractivity contribution in [2.45, 2.75) is 32.5 Å². The molecule has 0 bridgehead atoms. The quantitative estimate of drug-likeness (QED) is 0.611. The smallest absolute Gasteiger partial charge is 0.0639 e. The van der Waals surface area contributed by atoms with Crippen LogP contribution in [0.3, 0.4) is 0 Å². The maximum absolute atomic E-state index is 9.13. The van der Waals surface area contributed by atoms with Crippen LogP contribution < -0.4 is 0 Å². The van der Waals surface area contributed by atoms with Gasteiger partial charge in [0.15, 0.2) is 0 Å². The number of aliphatic hydroxyl groups is 2. The number of nitriles is 1. The summed E-state index contributed by atoms with van der Waals surface area (Å²) in [5, 5.41) is 26.6. The molecule has 2 unspecified atom stereocenters. The Morgan fingerprint density at radius 1 is 1.23 bits per heavy atom. The molecule has 0 fully saturated rings. The van der Waals surface area contributed by atoms with Crippen LogP contribution in [0.1, 0.15) is 20.3 Å². The minimum atomic E-state index is -0.419. The molecule has 0 spiro atoms. The SMILES string of the molecule is CC(O)CN(CCC#N)CC(C)O. The zero-order chi connectivity index (χ0) is 10.3. The Hall–Kier alpha value is -0.630. The molecule has 0 aliphatic heterocycles. The van der Waals surface area contributed by atoms with Crippen molar-refractivity contribution >= 4 is 0 Å². The van der Waals surface area contributed by atoms with E-state index in [1.807, 2.05) is 11.0 Å². The Morgan fingerprint density at radius 3 is 2.00 bits per heavy atom. The fourth-order valence-corrected chi connectivity index (χ4v) is 1.21. The van der Waals surface area contributed by atoms with Crippen LogP contribution in [0.2, 0.25) is 0 Å². The first kappa shape index (κ1) is 12.4. The molecule has 0 aromatic carbocycles. The molecule has 0 saturated heterocycles. The zero-order valence-corrected chi connectivity index (χ0v) is 8.27. The highest BCUT2D eigenvalue weighted by atomic mass is 16.3. The van der Waals surface area contributed by atoms with Gasteiger partial charge in [0.2, 0.25) is 0 Å². The number of rotatable bonds is 6. The van der Waals surface area contributed by atoms with Gasteiger partial charge in [-0.05, 0) is 13.8 Å². The van der Waals surface area contributed by atoms with Gasteiger partial charge in [-0.25, -0.2) is 0 Å². The lowest BCUT2D eigenvalue weighted by atomic mass is 10.3. The molecule has 0 rings (SSSR count). The number of aliphatic hydroxyl groups excluding tert-OH is 2. The van der Waals surface area contributed by atoms with E-state index in [0.29, 0.717) is 26.1 Å². The molecule has 0 aliphatic carbocycles. The van der Waals surface area contributed by atoms with Crippen LogP contribution in [-0.4, -0.2) is 47.0 Å². The monoisotopic (exact) mass is 186 g/mol. The van der Waals surface area contributed by atoms with Crippen molar-refractivity contribution in [2.75, 3.05) is 19.6 Å². The first-order valence-electron chi connectivity index (χ1n) is 4.51. The van der Waals surface area contributed by atoms with Gasteiger partial charge in [-0.15, -0.1) is 0 Å². The van der Waals surface area contributed by atoms with Crippen molar-refractivity contribution in [3.63, 3.8) is 0 Å². The molecule has 4 heteroatoms. The van der Waals surface area contributed by atoms with E-state index in [1.54, 1.807) is 13.8 Å². The highest BCUT2D eigenvalue weighted by Gasteiger charge is 2.09. The largest absolute Gasteiger partial charge is 0.392 e. The molecule has 0 aromatic heterocycles. The number of hydrogen-bond acceptors (Lipinski definition) is 4. The number of nitrogens with zero attached hydrogens (tertiary/aromatic N) is 2. The molecule has 4 nitrogen and oxygen atoms in total. The molecule has 76 valence electrons. The van der Waals surface area contributed by atoms with Gasteiger partial charge >= 0.3 is 0 Å². The van der Waals surface area contributed by atoms with Gasteiger partial charge in [-0.3, -0.25) is 4.90 Å². The molecular formula is C9H18N2O2. The van der Waals surface area contributed by atoms with E-state index >= 15 is 0 Å². The van der Waals surface area contributed by atoms with E-state index in [0.717, 1.165) is 0 Å². The Bertz CT molecular complexity index is 153. The van der Waals surface area contributed by atoms with Gasteiger partial charge in [0, 0.05) is 26.1 Å². The summed E-state index contributed by atoms with van der Waals surface area (Å²) in [6.07, 6.45) is -0.408. The average molecular weight is 186 g/mol. The van der Waals surface area contributed by atoms with Crippen molar-refractivity contribution in [3.05, 3.63) is 0 Å². The zero-order valence-electron chi connectivity index (χ0n) is 8.27. The van der Waals surface area contributed by atoms with Crippen molar-refractivity contribution in [2.24, 2.45) is 0 Å². The second-order valence-corrected chi connectivity index (χ2v) is 3.37. The lowest BCUT2D eigenvalue weighted by Gasteiger charge is -2.23. The van der Waals surface area contributed by atoms with Gasteiger partial charge in [0.05, 0.1) is 18.3 Å². The van der Waals surface area contributed by atoms with E-state index in [-0.39, 0.29) is 0 Å². The van der Waals surface area contributed by atoms with E-state index in [4.69, 9.17) is 15.5 Å². The second-order valence-electron chi connectivity index (χ2n) is 3.37. The first-order valence-corrected chi connectivity index (χ1v) is 4.51. The Morgan fingerprint density at radius 2 is 1.69 bits per heavy atom. The van der Waals surface area contributed by atoms with E-state index in [2.05, 4.69) is 0 Å². The maximum atomic E-state index is 9.13. The highest BCUT2D eigenvalue weighted by Crippen LogP contribution is 1.96. The minimum absolute atomic E-state index is 0.419. The molecule has 13 heavy (non-hydrogen) atoms. The summed E-state index contributed by atoms with van der Waals surface area (Å²) in [4.78, 5) is 1.89. The molecule has 2 N–H and O–H groups in total. The van der Waals surface area contributed by atoms with Gasteiger partial charge in [0.1, 0.15) is 0 Å². The molecule has 2 atom stereocenters. The maximum Gasteiger partial charge on any atom is 0.0639 e. The lowest BCUT2D eigenvalue weighted by molar-refractivity contribution is 0.0849. The summed E-state index contributed by atoms with van der Waals surface area (Å²) >= 11 is 0. The van der Waals surface area contributed by atoms with Crippen molar-refractivity contribution in [1.29, 1.82) is 5.26 Å². The predicted octanol–water partition coefficient (Wildman–Crippen LogP) is -0.0363. The van der Waals surface area contributed by atoms with Gasteiger partial charge in [-0.2, -0.15) is 5.26 Å². The fourth-order valence-electron chi connectivity index (χ4n) is 1.21. The Balaban J connectivity index is 3.81. The standard InChI is InChI=1S/C9H18N2O2/c1-8(12)6-11(5-3-4-10)7-9(2)13/h8-9,12-13H,3,5-7H2,1-2H3. The van der Waals surface area contributed by atoms with Gasteiger partial charge in [-0.1, -0.05) is 0 Å². The summed E-state index contributed by atoms with van der Waals surface area (Å²) in [7, 11) is 0. The normalized spacial score (nSPS) is 15.4. The molecule has 0 aromatic rings. The van der Waals surface area contributed by atoms with Crippen LogP contribution in [-0.2, 0) is 0 Å². The number of hydrogen-bond donors (Lipinski definition) is 2. The second kappa shape index (κ2) is 6.84. The average Bonchev–Trinajstić information content (AvgIpc) is 1.98. The highest BCUT2D eigenvalue weighted by molar-refractivity contribution is 4.74. The van der Waals surface area contributed by atoms with Crippen LogP contribution in [0, 0.1) is 11.3 Å². The molecule has 0 radical (unpaired) electrons. The summed E-state index contributed by atoms with van der Waals surface area (Å²) < 4.78 is 0. The summed E-state index contributed by atoms with van der Waals surface area (Å²) in [6, 6.07) is 2.04. The molecular weight excluding hydrogens is 168 g/mol. The fraction of sp³-hybridized carbons (Fsp3) is 0.889. The van der Waals surface area contributed by atoms with Gasteiger partial charge in [0.25, 0.3) is 0 Å². The summed E-state index contributed by atoms with van der Waals surface area (Å²) in [5.41, 5.74) is 0. The van der Waals surface area contributed by atoms with E-state index < -0.39 is 12.2 Å². The first-order chi connectivity index (χ1) is 6.06. The molecule has 0 heterocycles. The minimum Gasteiger partial charge on any atom is -0.392 e. The van der Waals surface area contributed by atoms with E-state index in [1.165, 1.54) is 0 Å². The Kier molecular flexibility index (Phi) is 6.51.